The van der Waals surface area contributed by atoms with E-state index in [2.05, 4.69) is 20.0 Å². The van der Waals surface area contributed by atoms with E-state index in [0.717, 1.165) is 62.3 Å². The van der Waals surface area contributed by atoms with Crippen molar-refractivity contribution < 1.29 is 376 Å². The predicted octanol–water partition coefficient (Wildman–Crippen LogP) is -16.3. The molecule has 1 fully saturated rings. The van der Waals surface area contributed by atoms with Gasteiger partial charge >= 0.3 is 220 Å². The number of fused-ring (bicyclic) bond motifs is 4. The first-order valence-corrected chi connectivity index (χ1v) is 49.4. The number of hydroxylamine groups is 2. The molecular weight excluding hydrogens is 1990 g/mol. The molecule has 0 bridgehead atoms. The molecule has 1 saturated heterocycles. The van der Waals surface area contributed by atoms with Crippen molar-refractivity contribution in [2.75, 3.05) is 50.1 Å². The molecule has 56 heteroatoms. The molecule has 134 heavy (non-hydrogen) atoms. The number of aliphatic hydroxyl groups is 2. The fraction of sp³-hybridized carbons (Fsp3) is 0.449. The smallest absolute Gasteiger partial charge is 0.870 e. The van der Waals surface area contributed by atoms with Crippen LogP contribution in [0.15, 0.2) is 165 Å². The molecule has 5 heterocycles. The maximum atomic E-state index is 12.3. The van der Waals surface area contributed by atoms with Gasteiger partial charge in [-0.15, -0.1) is 5.06 Å². The van der Waals surface area contributed by atoms with Gasteiger partial charge in [0.05, 0.1) is 20.6 Å². The number of hydrogen-bond donors (Lipinski definition) is 8. The van der Waals surface area contributed by atoms with Crippen LogP contribution in [0.1, 0.15) is 175 Å². The third-order valence-electron chi connectivity index (χ3n) is 21.5. The van der Waals surface area contributed by atoms with Gasteiger partial charge in [0, 0.05) is 114 Å². The monoisotopic (exact) mass is 2100 g/mol. The molecular formula is C78H104N7Na7O34P4S4-2. The quantitative estimate of drug-likeness (QED) is 0.00181. The van der Waals surface area contributed by atoms with E-state index in [-0.39, 0.29) is 297 Å². The van der Waals surface area contributed by atoms with Gasteiger partial charge in [0.1, 0.15) is 34.3 Å². The summed E-state index contributed by atoms with van der Waals surface area (Å²) in [6, 6.07) is 18.8. The number of unbranched alkanes of at least 4 members (excludes halogenated alkanes) is 4. The Morgan fingerprint density at radius 1 is 0.545 bits per heavy atom. The van der Waals surface area contributed by atoms with Crippen molar-refractivity contribution >= 4 is 136 Å². The summed E-state index contributed by atoms with van der Waals surface area (Å²) in [4.78, 5) is 147. The van der Waals surface area contributed by atoms with Gasteiger partial charge in [-0.05, 0) is 174 Å². The van der Waals surface area contributed by atoms with E-state index in [1.54, 1.807) is 36.4 Å². The van der Waals surface area contributed by atoms with E-state index < -0.39 is 147 Å². The summed E-state index contributed by atoms with van der Waals surface area (Å²) >= 11 is 0. The number of nitrogens with two attached hydrogens (primary N) is 1. The Kier molecular flexibility index (Phi) is 62.1. The molecule has 4 unspecified atom stereocenters. The average Bonchev–Trinajstić information content (AvgIpc) is 1.60. The van der Waals surface area contributed by atoms with Gasteiger partial charge in [-0.1, -0.05) is 118 Å². The molecule has 3 amide bonds. The number of hydrogen-bond acceptors (Lipinski definition) is 35. The first-order chi connectivity index (χ1) is 57.2. The van der Waals surface area contributed by atoms with E-state index in [0.29, 0.717) is 62.2 Å². The van der Waals surface area contributed by atoms with Gasteiger partial charge in [0.15, 0.2) is 31.7 Å². The minimum absolute atomic E-state index is 0. The number of allylic oxidation sites excluding steroid dienone is 12. The maximum Gasteiger partial charge on any atom is 1.00 e. The number of amides is 3. The molecule has 4 aromatic rings. The second-order valence-corrected chi connectivity index (χ2v) is 43.7. The summed E-state index contributed by atoms with van der Waals surface area (Å²) in [5, 5.41) is 23.1. The Balaban J connectivity index is -0.000000658. The molecule has 9 rings (SSSR count). The van der Waals surface area contributed by atoms with Crippen LogP contribution in [0.3, 0.4) is 0 Å². The van der Waals surface area contributed by atoms with Gasteiger partial charge in [0.2, 0.25) is 22.4 Å². The summed E-state index contributed by atoms with van der Waals surface area (Å²) < 4.78 is 165. The standard InChI is InChI=1S/C36H48N3O13P2S2.C36H40N3O9S2.C4H13NO7P2.CH2O3.CH4.7Na.2H2O/c1-34(2)28-24-26(56(50,51)52)17-19-29(28)38(5)31(34)13-8-6-9-14-32-35(3,4)27-23-25(55(48)49)16-18-30(27)39(32)22-11-7-10-15-33(40)37-21-12-20-36(41,53(42,43)44)54(45,46)47;1-35(2)27-23-25(50(45,46)47)16-18-28(27)37(5)30(35)12-8-6-9-13-31-36(3,4)26-22-24(49(43)44)15-17-29(26)38(31)21-11-7-10-14-34(42)48-39-32(40)19-20-33(39)41;5-3-1-2-4(6,13(7,8)9)14(10,11)12;2-1-4-3;;;;;;;;;;/h6,8-9,13-14,16-19,23-24,41H,7,10-12,15,20-22H2,1-5H3,(H5-,37,40,42,43,44,45,46,47,50,51,52);6,8-9,12-13,15-18,22-23H,7,10-11,14,19-21H2,1-5H3;6H,1-3,5H2,(H2,7,8,9)(H2,10,11,12);1,3H;1H4;;;;;;;;2*1H2/q2*-1;;;;7*+1;;/p-7. The zero-order valence-corrected chi connectivity index (χ0v) is 97.8. The van der Waals surface area contributed by atoms with Crippen molar-refractivity contribution in [3.05, 3.63) is 167 Å². The summed E-state index contributed by atoms with van der Waals surface area (Å²) in [6.45, 7) is 16.5. The molecule has 0 radical (unpaired) electrons. The number of imide groups is 1. The Morgan fingerprint density at radius 2 is 0.910 bits per heavy atom. The number of rotatable bonds is 35. The third-order valence-corrected chi connectivity index (χ3v) is 32.0. The fourth-order valence-corrected chi connectivity index (χ4v) is 20.9. The van der Waals surface area contributed by atoms with Crippen molar-refractivity contribution in [2.24, 2.45) is 5.73 Å². The van der Waals surface area contributed by atoms with E-state index in [4.69, 9.17) is 40.2 Å². The summed E-state index contributed by atoms with van der Waals surface area (Å²) in [7, 11) is -33.3. The Morgan fingerprint density at radius 3 is 1.24 bits per heavy atom. The number of carbonyl (C=O) groups is 5. The first kappa shape index (κ1) is 141. The number of benzene rings is 4. The maximum absolute atomic E-state index is 12.3. The SMILES string of the molecule is C.C[N+]1=C(C=CC=CC=C2N(CCCCCC(=O)NCCCC(O)(P(=O)([O-])[O-])P(=O)([O-])O)c3ccc([S-](=O)=O)cc3C2(C)C)C(C)(C)c2cc(S(=O)(=O)[O-])ccc21.C[N+]1=C(C=CC=CC=C2N(CCCCCC(=O)ON3C(=O)CCC3=O)c3ccc([S-](=O)=O)cc3C2(C)C)C(C)(C)c2cc(S(=O)(=O)[O-])ccc21.NCCCC(O)(P(=O)([O-])O)P(=O)(O)O.O=CO[O-].[Na+].[Na+].[Na+].[Na+].[Na+].[Na+].[Na+].[OH-].[OH-]. The Labute approximate surface area is 937 Å². The molecule has 41 nitrogen and oxygen atoms in total. The van der Waals surface area contributed by atoms with Crippen LogP contribution in [-0.4, -0.2) is 173 Å². The van der Waals surface area contributed by atoms with E-state index in [1.807, 2.05) is 145 Å². The summed E-state index contributed by atoms with van der Waals surface area (Å²) in [6.07, 6.45) is 20.4. The van der Waals surface area contributed by atoms with Crippen LogP contribution >= 0.6 is 30.4 Å². The fourth-order valence-electron chi connectivity index (χ4n) is 14.8. The Hall–Kier alpha value is -1.11. The van der Waals surface area contributed by atoms with Crippen LogP contribution < -0.4 is 253 Å². The zero-order valence-electron chi connectivity index (χ0n) is 76.9. The molecule has 0 saturated carbocycles. The van der Waals surface area contributed by atoms with Crippen LogP contribution in [0, 0.1) is 0 Å². The predicted molar refractivity (Wildman–Crippen MR) is 449 cm³/mol. The average molecular weight is 2100 g/mol. The number of carbonyl (C=O) groups excluding carboxylic acids is 5. The zero-order chi connectivity index (χ0) is 93.7. The topological polar surface area (TPSA) is 705 Å². The minimum atomic E-state index is -6.13. The number of anilines is 2. The molecule has 0 aromatic heterocycles. The molecule has 5 aliphatic rings. The Bertz CT molecular complexity index is 5600. The van der Waals surface area contributed by atoms with Crippen molar-refractivity contribution in [3.63, 3.8) is 0 Å². The molecule has 0 aliphatic carbocycles. The van der Waals surface area contributed by atoms with Crippen LogP contribution in [-0.2, 0) is 132 Å². The van der Waals surface area contributed by atoms with Gasteiger partial charge in [-0.2, -0.15) is 9.15 Å². The van der Waals surface area contributed by atoms with Crippen LogP contribution in [0.4, 0.5) is 22.7 Å². The van der Waals surface area contributed by atoms with E-state index >= 15 is 0 Å². The van der Waals surface area contributed by atoms with Crippen molar-refractivity contribution in [2.45, 2.75) is 204 Å². The van der Waals surface area contributed by atoms with Crippen molar-refractivity contribution in [3.8, 4) is 0 Å². The van der Waals surface area contributed by atoms with Crippen LogP contribution in [0.5, 0.6) is 0 Å². The number of nitrogens with one attached hydrogen (secondary N) is 1. The third kappa shape index (κ3) is 35.4. The minimum Gasteiger partial charge on any atom is -0.870 e. The van der Waals surface area contributed by atoms with Crippen molar-refractivity contribution in [1.82, 2.24) is 10.4 Å². The molecule has 4 aromatic carbocycles. The first-order valence-electron chi connectivity index (χ1n) is 38.1. The summed E-state index contributed by atoms with van der Waals surface area (Å²) in [5.41, 5.74) is 12.9. The van der Waals surface area contributed by atoms with Crippen LogP contribution in [0.25, 0.3) is 0 Å². The van der Waals surface area contributed by atoms with E-state index in [9.17, 15) is 110 Å². The molecule has 4 atom stereocenters. The van der Waals surface area contributed by atoms with Gasteiger partial charge in [-0.25, -0.2) is 21.6 Å². The summed E-state index contributed by atoms with van der Waals surface area (Å²) in [5.74, 6) is -2.08. The van der Waals surface area contributed by atoms with Gasteiger partial charge in [-0.3, -0.25) is 23.7 Å². The van der Waals surface area contributed by atoms with Gasteiger partial charge in [0.25, 0.3) is 18.3 Å². The molecule has 0 spiro atoms. The molecule has 11 N–H and O–H groups in total. The van der Waals surface area contributed by atoms with Crippen molar-refractivity contribution in [1.29, 1.82) is 0 Å². The van der Waals surface area contributed by atoms with Gasteiger partial charge < -0.3 is 136 Å². The van der Waals surface area contributed by atoms with E-state index in [1.165, 1.54) is 30.3 Å². The second kappa shape index (κ2) is 58.9. The largest absolute Gasteiger partial charge is 1.00 e. The molecule has 5 aliphatic heterocycles. The molecule has 708 valence electrons. The number of nitrogens with zero attached hydrogens (tertiary/aromatic N) is 5. The second-order valence-electron chi connectivity index (χ2n) is 31.2. The van der Waals surface area contributed by atoms with Crippen LogP contribution in [0.2, 0.25) is 0 Å². The normalized spacial score (nSPS) is 17.7.